The van der Waals surface area contributed by atoms with Gasteiger partial charge in [-0.25, -0.2) is 9.97 Å². The Bertz CT molecular complexity index is 1170. The summed E-state index contributed by atoms with van der Waals surface area (Å²) in [4.78, 5) is 19.8. The Labute approximate surface area is 183 Å². The van der Waals surface area contributed by atoms with E-state index in [1.807, 2.05) is 26.5 Å². The zero-order valence-electron chi connectivity index (χ0n) is 18.3. The lowest BCUT2D eigenvalue weighted by atomic mass is 10.1. The smallest absolute Gasteiger partial charge is 0.156 e. The predicted molar refractivity (Wildman–Crippen MR) is 129 cm³/mol. The molecule has 6 heteroatoms. The Balaban J connectivity index is 1.44. The molecule has 2 aromatic heterocycles. The molecule has 1 aliphatic heterocycles. The third kappa shape index (κ3) is 3.86. The van der Waals surface area contributed by atoms with Crippen molar-refractivity contribution in [2.45, 2.75) is 0 Å². The number of nitrogens with zero attached hydrogens (tertiary/aromatic N) is 5. The van der Waals surface area contributed by atoms with Crippen LogP contribution in [0.3, 0.4) is 0 Å². The average molecular weight is 413 g/mol. The van der Waals surface area contributed by atoms with Crippen LogP contribution in [0, 0.1) is 0 Å². The third-order valence-corrected chi connectivity index (χ3v) is 6.11. The van der Waals surface area contributed by atoms with Crippen LogP contribution < -0.4 is 9.80 Å². The lowest BCUT2D eigenvalue weighted by Crippen LogP contribution is -2.44. The zero-order chi connectivity index (χ0) is 21.4. The van der Waals surface area contributed by atoms with Gasteiger partial charge in [-0.2, -0.15) is 0 Å². The van der Waals surface area contributed by atoms with E-state index >= 15 is 0 Å². The normalized spacial score (nSPS) is 14.9. The number of fused-ring (bicyclic) bond motifs is 1. The second kappa shape index (κ2) is 8.04. The minimum absolute atomic E-state index is 0.810. The standard InChI is InChI=1S/C25H28N6/c1-29(2)20-8-4-18(5-9-20)22-16-26-25-24(22)28-23(17-27-25)19-6-10-21(11-7-19)31-14-12-30(3)13-15-31/h4-11,16-17H,12-15H2,1-3H3,(H,26,27). The number of aromatic amines is 1. The van der Waals surface area contributed by atoms with Gasteiger partial charge in [0.1, 0.15) is 5.52 Å². The number of anilines is 2. The number of rotatable bonds is 4. The summed E-state index contributed by atoms with van der Waals surface area (Å²) < 4.78 is 0. The van der Waals surface area contributed by atoms with E-state index in [-0.39, 0.29) is 0 Å². The first-order chi connectivity index (χ1) is 15.1. The molecule has 1 saturated heterocycles. The van der Waals surface area contributed by atoms with E-state index in [9.17, 15) is 0 Å². The predicted octanol–water partition coefficient (Wildman–Crippen LogP) is 4.11. The molecule has 0 radical (unpaired) electrons. The summed E-state index contributed by atoms with van der Waals surface area (Å²) >= 11 is 0. The minimum atomic E-state index is 0.810. The Morgan fingerprint density at radius 1 is 0.871 bits per heavy atom. The van der Waals surface area contributed by atoms with E-state index in [2.05, 4.69) is 80.2 Å². The Hall–Kier alpha value is -3.38. The van der Waals surface area contributed by atoms with E-state index in [0.29, 0.717) is 0 Å². The maximum atomic E-state index is 4.97. The van der Waals surface area contributed by atoms with Crippen LogP contribution in [0.4, 0.5) is 11.4 Å². The highest BCUT2D eigenvalue weighted by Crippen LogP contribution is 2.30. The van der Waals surface area contributed by atoms with Gasteiger partial charge in [-0.05, 0) is 36.9 Å². The van der Waals surface area contributed by atoms with Crippen molar-refractivity contribution in [1.82, 2.24) is 19.9 Å². The number of benzene rings is 2. The quantitative estimate of drug-likeness (QED) is 0.547. The van der Waals surface area contributed by atoms with Gasteiger partial charge in [0.25, 0.3) is 0 Å². The molecule has 0 amide bonds. The van der Waals surface area contributed by atoms with Crippen LogP contribution in [0.15, 0.2) is 60.9 Å². The molecule has 0 unspecified atom stereocenters. The Morgan fingerprint density at radius 3 is 2.23 bits per heavy atom. The molecule has 2 aromatic carbocycles. The van der Waals surface area contributed by atoms with Gasteiger partial charge in [0.15, 0.2) is 5.65 Å². The average Bonchev–Trinajstić information content (AvgIpc) is 3.23. The fourth-order valence-corrected chi connectivity index (χ4v) is 4.10. The Kier molecular flexibility index (Phi) is 5.08. The van der Waals surface area contributed by atoms with Crippen LogP contribution >= 0.6 is 0 Å². The number of H-pyrrole nitrogens is 1. The van der Waals surface area contributed by atoms with Crippen molar-refractivity contribution in [3.05, 3.63) is 60.9 Å². The van der Waals surface area contributed by atoms with E-state index in [1.54, 1.807) is 0 Å². The largest absolute Gasteiger partial charge is 0.378 e. The van der Waals surface area contributed by atoms with Gasteiger partial charge in [-0.1, -0.05) is 24.3 Å². The molecule has 0 bridgehead atoms. The third-order valence-electron chi connectivity index (χ3n) is 6.11. The molecule has 0 spiro atoms. The summed E-state index contributed by atoms with van der Waals surface area (Å²) in [7, 11) is 6.28. The Morgan fingerprint density at radius 2 is 1.55 bits per heavy atom. The molecule has 31 heavy (non-hydrogen) atoms. The molecule has 5 rings (SSSR count). The maximum absolute atomic E-state index is 4.97. The van der Waals surface area contributed by atoms with Crippen molar-refractivity contribution < 1.29 is 0 Å². The lowest BCUT2D eigenvalue weighted by Gasteiger charge is -2.34. The summed E-state index contributed by atoms with van der Waals surface area (Å²) in [5.41, 5.74) is 8.34. The summed E-state index contributed by atoms with van der Waals surface area (Å²) in [6.45, 7) is 4.35. The molecule has 158 valence electrons. The van der Waals surface area contributed by atoms with Crippen LogP contribution in [0.25, 0.3) is 33.5 Å². The van der Waals surface area contributed by atoms with Gasteiger partial charge < -0.3 is 19.7 Å². The van der Waals surface area contributed by atoms with Crippen LogP contribution in [0.5, 0.6) is 0 Å². The number of piperazine rings is 1. The molecule has 1 aliphatic rings. The van der Waals surface area contributed by atoms with Crippen molar-refractivity contribution in [3.63, 3.8) is 0 Å². The summed E-state index contributed by atoms with van der Waals surface area (Å²) in [5, 5.41) is 0. The molecule has 1 N–H and O–H groups in total. The molecular formula is C25H28N6. The van der Waals surface area contributed by atoms with E-state index in [4.69, 9.17) is 4.98 Å². The minimum Gasteiger partial charge on any atom is -0.378 e. The molecule has 0 atom stereocenters. The number of aromatic nitrogens is 3. The van der Waals surface area contributed by atoms with Gasteiger partial charge in [-0.15, -0.1) is 0 Å². The highest BCUT2D eigenvalue weighted by molar-refractivity contribution is 5.91. The van der Waals surface area contributed by atoms with Crippen LogP contribution in [0.2, 0.25) is 0 Å². The first kappa shape index (κ1) is 19.6. The van der Waals surface area contributed by atoms with Crippen molar-refractivity contribution in [2.75, 3.05) is 57.1 Å². The van der Waals surface area contributed by atoms with Crippen LogP contribution in [0.1, 0.15) is 0 Å². The topological polar surface area (TPSA) is 51.3 Å². The monoisotopic (exact) mass is 412 g/mol. The van der Waals surface area contributed by atoms with E-state index in [0.717, 1.165) is 59.7 Å². The van der Waals surface area contributed by atoms with Gasteiger partial charge in [0.2, 0.25) is 0 Å². The SMILES string of the molecule is CN1CCN(c2ccc(-c3cnc4[nH]cc(-c5ccc(N(C)C)cc5)c4n3)cc2)CC1. The van der Waals surface area contributed by atoms with Crippen molar-refractivity contribution >= 4 is 22.5 Å². The van der Waals surface area contributed by atoms with Crippen molar-refractivity contribution in [3.8, 4) is 22.4 Å². The second-order valence-electron chi connectivity index (χ2n) is 8.43. The van der Waals surface area contributed by atoms with Crippen LogP contribution in [-0.4, -0.2) is 67.2 Å². The van der Waals surface area contributed by atoms with E-state index in [1.165, 1.54) is 11.4 Å². The lowest BCUT2D eigenvalue weighted by molar-refractivity contribution is 0.313. The summed E-state index contributed by atoms with van der Waals surface area (Å²) in [5.74, 6) is 0. The molecule has 1 fully saturated rings. The summed E-state index contributed by atoms with van der Waals surface area (Å²) in [6, 6.07) is 17.2. The van der Waals surface area contributed by atoms with Gasteiger partial charge >= 0.3 is 0 Å². The first-order valence-corrected chi connectivity index (χ1v) is 10.7. The highest BCUT2D eigenvalue weighted by atomic mass is 15.2. The molecule has 6 nitrogen and oxygen atoms in total. The highest BCUT2D eigenvalue weighted by Gasteiger charge is 2.15. The van der Waals surface area contributed by atoms with E-state index < -0.39 is 0 Å². The van der Waals surface area contributed by atoms with Gasteiger partial charge in [0, 0.05) is 69.0 Å². The van der Waals surface area contributed by atoms with Crippen molar-refractivity contribution in [1.29, 1.82) is 0 Å². The number of hydrogen-bond acceptors (Lipinski definition) is 5. The van der Waals surface area contributed by atoms with Gasteiger partial charge in [0.05, 0.1) is 11.9 Å². The number of nitrogens with one attached hydrogen (secondary N) is 1. The molecule has 0 aliphatic carbocycles. The van der Waals surface area contributed by atoms with Crippen molar-refractivity contribution in [2.24, 2.45) is 0 Å². The molecule has 4 aromatic rings. The molecule has 3 heterocycles. The zero-order valence-corrected chi connectivity index (χ0v) is 18.3. The number of hydrogen-bond donors (Lipinski definition) is 1. The van der Waals surface area contributed by atoms with Crippen LogP contribution in [-0.2, 0) is 0 Å². The fraction of sp³-hybridized carbons (Fsp3) is 0.280. The molecule has 0 saturated carbocycles. The first-order valence-electron chi connectivity index (χ1n) is 10.7. The fourth-order valence-electron chi connectivity index (χ4n) is 4.10. The maximum Gasteiger partial charge on any atom is 0.156 e. The van der Waals surface area contributed by atoms with Gasteiger partial charge in [-0.3, -0.25) is 0 Å². The molecular weight excluding hydrogens is 384 g/mol. The number of likely N-dealkylation sites (N-methyl/N-ethyl adjacent to an activating group) is 1. The second-order valence-corrected chi connectivity index (χ2v) is 8.43. The summed E-state index contributed by atoms with van der Waals surface area (Å²) in [6.07, 6.45) is 3.85.